The molecule has 2 heterocycles. The zero-order chi connectivity index (χ0) is 16.6. The number of fused-ring (bicyclic) bond motifs is 1. The average Bonchev–Trinajstić information content (AvgIpc) is 2.77. The third kappa shape index (κ3) is 3.65. The van der Waals surface area contributed by atoms with Crippen molar-refractivity contribution in [1.82, 2.24) is 4.90 Å². The molecular weight excluding hydrogens is 300 g/mol. The summed E-state index contributed by atoms with van der Waals surface area (Å²) in [6, 6.07) is 1.41. The topological polar surface area (TPSA) is 24.7 Å². The summed E-state index contributed by atoms with van der Waals surface area (Å²) in [4.78, 5) is 2.63. The highest BCUT2D eigenvalue weighted by atomic mass is 16.8. The molecule has 0 bridgehead atoms. The van der Waals surface area contributed by atoms with Crippen LogP contribution in [0.1, 0.15) is 78.1 Å². The van der Waals surface area contributed by atoms with E-state index in [0.717, 1.165) is 13.1 Å². The van der Waals surface area contributed by atoms with Crippen molar-refractivity contribution in [3.63, 3.8) is 0 Å². The van der Waals surface area contributed by atoms with Crippen molar-refractivity contribution in [2.75, 3.05) is 13.1 Å². The van der Waals surface area contributed by atoms with E-state index in [0.29, 0.717) is 12.1 Å². The first-order valence-corrected chi connectivity index (χ1v) is 10.3. The standard InChI is InChI=1S/C20H35N2O2/c1-20(2)23-18-13-21(16-9-5-3-6-10-16)15-22(14-19(18)24-20)17-11-7-4-8-12-17/h15-19H,3-14H2,1-2H3/q+1/t18-,19-/m0/s1. The van der Waals surface area contributed by atoms with Crippen LogP contribution >= 0.6 is 0 Å². The zero-order valence-corrected chi connectivity index (χ0v) is 15.6. The highest BCUT2D eigenvalue weighted by Crippen LogP contribution is 2.33. The first kappa shape index (κ1) is 16.8. The van der Waals surface area contributed by atoms with Crippen LogP contribution in [0.3, 0.4) is 0 Å². The van der Waals surface area contributed by atoms with Crippen LogP contribution in [0.5, 0.6) is 0 Å². The van der Waals surface area contributed by atoms with Gasteiger partial charge >= 0.3 is 0 Å². The lowest BCUT2D eigenvalue weighted by Crippen LogP contribution is -2.43. The van der Waals surface area contributed by atoms with Crippen LogP contribution in [0, 0.1) is 0 Å². The lowest BCUT2D eigenvalue weighted by Gasteiger charge is -2.30. The third-order valence-electron chi connectivity index (χ3n) is 6.45. The van der Waals surface area contributed by atoms with Gasteiger partial charge in [0.25, 0.3) is 0 Å². The Morgan fingerprint density at radius 2 is 1.50 bits per heavy atom. The lowest BCUT2D eigenvalue weighted by atomic mass is 9.94. The summed E-state index contributed by atoms with van der Waals surface area (Å²) in [5.41, 5.74) is 0. The zero-order valence-electron chi connectivity index (χ0n) is 15.6. The molecule has 0 aromatic heterocycles. The fourth-order valence-electron chi connectivity index (χ4n) is 5.23. The summed E-state index contributed by atoms with van der Waals surface area (Å²) < 4.78 is 15.2. The summed E-state index contributed by atoms with van der Waals surface area (Å²) in [6.07, 6.45) is 16.6. The van der Waals surface area contributed by atoms with Gasteiger partial charge in [0, 0.05) is 0 Å². The third-order valence-corrected chi connectivity index (χ3v) is 6.45. The minimum atomic E-state index is -0.427. The molecule has 0 aromatic carbocycles. The van der Waals surface area contributed by atoms with Gasteiger partial charge in [-0.2, -0.15) is 0 Å². The largest absolute Gasteiger partial charge is 0.340 e. The van der Waals surface area contributed by atoms with Crippen LogP contribution in [0.2, 0.25) is 0 Å². The predicted octanol–water partition coefficient (Wildman–Crippen LogP) is 3.53. The normalized spacial score (nSPS) is 35.4. The number of ether oxygens (including phenoxy) is 2. The number of hydrogen-bond donors (Lipinski definition) is 0. The van der Waals surface area contributed by atoms with Gasteiger partial charge in [0.15, 0.2) is 5.79 Å². The van der Waals surface area contributed by atoms with E-state index in [1.807, 2.05) is 0 Å². The Morgan fingerprint density at radius 3 is 2.21 bits per heavy atom. The van der Waals surface area contributed by atoms with E-state index in [1.165, 1.54) is 64.2 Å². The molecule has 0 radical (unpaired) electrons. The van der Waals surface area contributed by atoms with Crippen LogP contribution < -0.4 is 0 Å². The average molecular weight is 336 g/mol. The predicted molar refractivity (Wildman–Crippen MR) is 95.5 cm³/mol. The first-order valence-electron chi connectivity index (χ1n) is 10.3. The van der Waals surface area contributed by atoms with Gasteiger partial charge < -0.3 is 9.47 Å². The minimum absolute atomic E-state index is 0.215. The summed E-state index contributed by atoms with van der Waals surface area (Å²) in [7, 11) is 0. The number of nitrogens with zero attached hydrogens (tertiary/aromatic N) is 2. The molecule has 0 spiro atoms. The Balaban J connectivity index is 1.56. The molecule has 24 heavy (non-hydrogen) atoms. The van der Waals surface area contributed by atoms with Gasteiger partial charge in [0.2, 0.25) is 6.34 Å². The molecule has 2 aliphatic heterocycles. The van der Waals surface area contributed by atoms with Crippen molar-refractivity contribution in [2.24, 2.45) is 0 Å². The molecule has 0 aromatic rings. The Morgan fingerprint density at radius 1 is 0.875 bits per heavy atom. The van der Waals surface area contributed by atoms with Crippen LogP contribution in [0.15, 0.2) is 0 Å². The van der Waals surface area contributed by atoms with Crippen molar-refractivity contribution in [2.45, 2.75) is 108 Å². The number of hydrogen-bond acceptors (Lipinski definition) is 3. The van der Waals surface area contributed by atoms with Crippen molar-refractivity contribution in [3.8, 4) is 0 Å². The van der Waals surface area contributed by atoms with Crippen molar-refractivity contribution in [1.29, 1.82) is 0 Å². The summed E-state index contributed by atoms with van der Waals surface area (Å²) >= 11 is 0. The Hall–Kier alpha value is -0.610. The van der Waals surface area contributed by atoms with Gasteiger partial charge in [-0.3, -0.25) is 9.48 Å². The maximum absolute atomic E-state index is 6.28. The highest BCUT2D eigenvalue weighted by molar-refractivity contribution is 5.50. The van der Waals surface area contributed by atoms with Crippen molar-refractivity contribution < 1.29 is 14.0 Å². The van der Waals surface area contributed by atoms with E-state index in [1.54, 1.807) is 0 Å². The van der Waals surface area contributed by atoms with Gasteiger partial charge in [-0.1, -0.05) is 12.8 Å². The molecule has 1 saturated heterocycles. The van der Waals surface area contributed by atoms with Crippen molar-refractivity contribution in [3.05, 3.63) is 0 Å². The molecule has 2 atom stereocenters. The van der Waals surface area contributed by atoms with Gasteiger partial charge in [-0.25, -0.2) is 0 Å². The molecule has 2 aliphatic carbocycles. The summed E-state index contributed by atoms with van der Waals surface area (Å²) in [5.74, 6) is -0.427. The quantitative estimate of drug-likeness (QED) is 0.722. The Labute approximate surface area is 147 Å². The van der Waals surface area contributed by atoms with E-state index in [4.69, 9.17) is 9.47 Å². The van der Waals surface area contributed by atoms with Crippen LogP contribution in [-0.4, -0.2) is 59.0 Å². The first-order chi connectivity index (χ1) is 11.6. The number of rotatable bonds is 2. The van der Waals surface area contributed by atoms with Crippen LogP contribution in [0.25, 0.3) is 0 Å². The van der Waals surface area contributed by atoms with Gasteiger partial charge in [0.1, 0.15) is 25.3 Å². The second-order valence-electron chi connectivity index (χ2n) is 8.81. The molecule has 4 rings (SSSR count). The van der Waals surface area contributed by atoms with E-state index >= 15 is 0 Å². The molecule has 136 valence electrons. The van der Waals surface area contributed by atoms with Crippen molar-refractivity contribution >= 4 is 6.34 Å². The lowest BCUT2D eigenvalue weighted by molar-refractivity contribution is -0.576. The molecule has 4 nitrogen and oxygen atoms in total. The van der Waals surface area contributed by atoms with E-state index in [-0.39, 0.29) is 12.2 Å². The van der Waals surface area contributed by atoms with Crippen LogP contribution in [-0.2, 0) is 9.47 Å². The SMILES string of the molecule is CC1(C)O[C@H]2CN(C3CCCCC3)C=[N+](C3CCCCC3)C[C@@H]2O1. The minimum Gasteiger partial charge on any atom is -0.340 e. The molecule has 4 aliphatic rings. The fraction of sp³-hybridized carbons (Fsp3) is 0.950. The van der Waals surface area contributed by atoms with E-state index < -0.39 is 5.79 Å². The monoisotopic (exact) mass is 335 g/mol. The molecule has 3 fully saturated rings. The van der Waals surface area contributed by atoms with Gasteiger partial charge in [-0.05, 0) is 65.2 Å². The Kier molecular flexibility index (Phi) is 4.88. The highest BCUT2D eigenvalue weighted by Gasteiger charge is 2.47. The second kappa shape index (κ2) is 6.95. The van der Waals surface area contributed by atoms with E-state index in [2.05, 4.69) is 29.7 Å². The summed E-state index contributed by atoms with van der Waals surface area (Å²) in [5, 5.41) is 0. The Bertz CT molecular complexity index is 464. The maximum Gasteiger partial charge on any atom is 0.234 e. The molecular formula is C20H35N2O2+. The molecule has 4 heteroatoms. The molecule has 0 unspecified atom stereocenters. The van der Waals surface area contributed by atoms with Crippen LogP contribution in [0.4, 0.5) is 0 Å². The molecule has 0 amide bonds. The van der Waals surface area contributed by atoms with Gasteiger partial charge in [-0.15, -0.1) is 0 Å². The fourth-order valence-corrected chi connectivity index (χ4v) is 5.23. The smallest absolute Gasteiger partial charge is 0.234 e. The van der Waals surface area contributed by atoms with E-state index in [9.17, 15) is 0 Å². The van der Waals surface area contributed by atoms with Gasteiger partial charge in [0.05, 0.1) is 12.1 Å². The molecule has 0 N–H and O–H groups in total. The second-order valence-corrected chi connectivity index (χ2v) is 8.81. The summed E-state index contributed by atoms with van der Waals surface area (Å²) in [6.45, 7) is 6.15. The molecule has 2 saturated carbocycles. The maximum atomic E-state index is 6.28.